The van der Waals surface area contributed by atoms with Crippen molar-refractivity contribution >= 4 is 40.5 Å². The first-order valence-corrected chi connectivity index (χ1v) is 8.46. The molecule has 0 unspecified atom stereocenters. The van der Waals surface area contributed by atoms with Crippen molar-refractivity contribution in [2.75, 3.05) is 32.7 Å². The molecule has 0 radical (unpaired) electrons. The topological polar surface area (TPSA) is 60.6 Å². The lowest BCUT2D eigenvalue weighted by Crippen LogP contribution is -2.24. The molecule has 2 N–H and O–H groups in total. The van der Waals surface area contributed by atoms with Gasteiger partial charge in [-0.3, -0.25) is 4.98 Å². The van der Waals surface area contributed by atoms with Gasteiger partial charge >= 0.3 is 0 Å². The lowest BCUT2D eigenvalue weighted by atomic mass is 9.97. The Morgan fingerprint density at radius 1 is 1.16 bits per heavy atom. The number of methoxy groups -OCH3 is 2. The molecule has 3 rings (SSSR count). The third kappa shape index (κ3) is 3.15. The monoisotopic (exact) mass is 379 g/mol. The zero-order valence-corrected chi connectivity index (χ0v) is 15.8. The van der Waals surface area contributed by atoms with Gasteiger partial charge in [-0.1, -0.05) is 23.2 Å². The van der Waals surface area contributed by atoms with Gasteiger partial charge in [0.05, 0.1) is 30.0 Å². The van der Waals surface area contributed by atoms with E-state index in [1.165, 1.54) is 0 Å². The second-order valence-electron chi connectivity index (χ2n) is 5.75. The fraction of sp³-hybridized carbons (Fsp3) is 0.278. The Labute approximate surface area is 157 Å². The van der Waals surface area contributed by atoms with Crippen LogP contribution in [0, 0.1) is 0 Å². The third-order valence-corrected chi connectivity index (χ3v) is 4.97. The summed E-state index contributed by atoms with van der Waals surface area (Å²) in [5.41, 5.74) is 10.3. The van der Waals surface area contributed by atoms with Gasteiger partial charge in [-0.25, -0.2) is 0 Å². The molecule has 0 saturated carbocycles. The van der Waals surface area contributed by atoms with Gasteiger partial charge in [0.1, 0.15) is 11.5 Å². The van der Waals surface area contributed by atoms with Crippen LogP contribution >= 0.6 is 23.2 Å². The van der Waals surface area contributed by atoms with E-state index in [9.17, 15) is 0 Å². The highest BCUT2D eigenvalue weighted by atomic mass is 35.5. The second kappa shape index (κ2) is 7.12. The Hall–Kier alpha value is -1.95. The molecule has 1 aromatic carbocycles. The molecular weight excluding hydrogens is 361 g/mol. The van der Waals surface area contributed by atoms with Crippen molar-refractivity contribution in [3.63, 3.8) is 0 Å². The summed E-state index contributed by atoms with van der Waals surface area (Å²) in [5, 5.41) is 0.922. The molecule has 1 aliphatic heterocycles. The van der Waals surface area contributed by atoms with Crippen LogP contribution in [-0.4, -0.2) is 32.8 Å². The van der Waals surface area contributed by atoms with E-state index in [-0.39, 0.29) is 0 Å². The molecule has 132 valence electrons. The average molecular weight is 380 g/mol. The van der Waals surface area contributed by atoms with Crippen LogP contribution in [0.2, 0.25) is 10.0 Å². The highest BCUT2D eigenvalue weighted by molar-refractivity contribution is 6.39. The molecule has 5 nitrogen and oxygen atoms in total. The van der Waals surface area contributed by atoms with E-state index in [1.807, 2.05) is 25.4 Å². The maximum atomic E-state index is 6.54. The predicted octanol–water partition coefficient (Wildman–Crippen LogP) is 3.85. The molecule has 0 aliphatic carbocycles. The Bertz CT molecular complexity index is 824. The number of nitrogens with zero attached hydrogens (tertiary/aromatic N) is 2. The number of ether oxygens (including phenoxy) is 2. The van der Waals surface area contributed by atoms with Crippen LogP contribution < -0.4 is 20.1 Å². The molecule has 2 heterocycles. The summed E-state index contributed by atoms with van der Waals surface area (Å²) in [5.74, 6) is 1.03. The van der Waals surface area contributed by atoms with Crippen molar-refractivity contribution in [3.8, 4) is 11.5 Å². The summed E-state index contributed by atoms with van der Waals surface area (Å²) in [4.78, 5) is 6.49. The molecule has 0 bridgehead atoms. The maximum Gasteiger partial charge on any atom is 0.141 e. The molecule has 1 aliphatic rings. The molecule has 1 aromatic heterocycles. The molecule has 0 atom stereocenters. The highest BCUT2D eigenvalue weighted by Gasteiger charge is 2.24. The molecule has 7 heteroatoms. The summed E-state index contributed by atoms with van der Waals surface area (Å²) in [6.45, 7) is 1.04. The molecule has 0 spiro atoms. The normalized spacial score (nSPS) is 13.4. The van der Waals surface area contributed by atoms with Crippen LogP contribution in [0.4, 0.5) is 5.69 Å². The van der Waals surface area contributed by atoms with E-state index in [2.05, 4.69) is 9.88 Å². The number of hydrogen-bond acceptors (Lipinski definition) is 5. The van der Waals surface area contributed by atoms with Crippen molar-refractivity contribution in [2.24, 2.45) is 5.73 Å². The lowest BCUT2D eigenvalue weighted by molar-refractivity contribution is 0.394. The van der Waals surface area contributed by atoms with Gasteiger partial charge in [-0.05, 0) is 17.7 Å². The summed E-state index contributed by atoms with van der Waals surface area (Å²) in [7, 11) is 5.13. The number of likely N-dealkylation sites (N-methyl/N-ethyl adjacent to an activating group) is 1. The van der Waals surface area contributed by atoms with Crippen molar-refractivity contribution in [2.45, 2.75) is 6.54 Å². The highest BCUT2D eigenvalue weighted by Crippen LogP contribution is 2.45. The number of aromatic nitrogens is 1. The Morgan fingerprint density at radius 2 is 1.80 bits per heavy atom. The van der Waals surface area contributed by atoms with Crippen molar-refractivity contribution in [1.29, 1.82) is 0 Å². The number of anilines is 1. The number of benzene rings is 1. The summed E-state index contributed by atoms with van der Waals surface area (Å²) < 4.78 is 10.7. The van der Waals surface area contributed by atoms with Gasteiger partial charge in [0.2, 0.25) is 0 Å². The Balaban J connectivity index is 2.18. The molecule has 25 heavy (non-hydrogen) atoms. The standard InChI is InChI=1S/C18H19Cl2N3O2/c1-23-9-11(4-10-8-22-12(7-21)5-13(10)23)16-17(19)14(24-2)6-15(25-3)18(16)20/h4-6,8H,7,9,21H2,1-3H3. The number of nitrogens with two attached hydrogens (primary N) is 1. The molecule has 0 fully saturated rings. The minimum atomic E-state index is 0.405. The Kier molecular flexibility index (Phi) is 5.08. The van der Waals surface area contributed by atoms with Crippen LogP contribution in [-0.2, 0) is 6.54 Å². The van der Waals surface area contributed by atoms with E-state index in [4.69, 9.17) is 38.4 Å². The van der Waals surface area contributed by atoms with E-state index < -0.39 is 0 Å². The van der Waals surface area contributed by atoms with Gasteiger partial charge in [0.15, 0.2) is 0 Å². The first-order chi connectivity index (χ1) is 12.0. The molecule has 0 amide bonds. The number of pyridine rings is 1. The summed E-state index contributed by atoms with van der Waals surface area (Å²) in [6.07, 6.45) is 3.85. The third-order valence-electron chi connectivity index (χ3n) is 4.22. The number of rotatable bonds is 4. The average Bonchev–Trinajstić information content (AvgIpc) is 2.62. The Morgan fingerprint density at radius 3 is 2.36 bits per heavy atom. The van der Waals surface area contributed by atoms with Crippen molar-refractivity contribution in [3.05, 3.63) is 45.2 Å². The van der Waals surface area contributed by atoms with E-state index in [0.717, 1.165) is 22.5 Å². The van der Waals surface area contributed by atoms with Crippen LogP contribution in [0.15, 0.2) is 18.3 Å². The van der Waals surface area contributed by atoms with Crippen molar-refractivity contribution in [1.82, 2.24) is 4.98 Å². The molecule has 0 saturated heterocycles. The fourth-order valence-electron chi connectivity index (χ4n) is 2.94. The van der Waals surface area contributed by atoms with Gasteiger partial charge in [-0.15, -0.1) is 0 Å². The fourth-order valence-corrected chi connectivity index (χ4v) is 3.69. The number of halogens is 2. The predicted molar refractivity (Wildman–Crippen MR) is 103 cm³/mol. The summed E-state index contributed by atoms with van der Waals surface area (Å²) >= 11 is 13.1. The quantitative estimate of drug-likeness (QED) is 0.873. The SMILES string of the molecule is COc1cc(OC)c(Cl)c(C2=Cc3cnc(CN)cc3N(C)C2)c1Cl. The number of fused-ring (bicyclic) bond motifs is 1. The second-order valence-corrected chi connectivity index (χ2v) is 6.50. The van der Waals surface area contributed by atoms with Crippen LogP contribution in [0.1, 0.15) is 16.8 Å². The van der Waals surface area contributed by atoms with Crippen LogP contribution in [0.3, 0.4) is 0 Å². The van der Waals surface area contributed by atoms with Crippen LogP contribution in [0.5, 0.6) is 11.5 Å². The van der Waals surface area contributed by atoms with Gasteiger partial charge < -0.3 is 20.1 Å². The largest absolute Gasteiger partial charge is 0.495 e. The van der Waals surface area contributed by atoms with E-state index >= 15 is 0 Å². The minimum absolute atomic E-state index is 0.405. The van der Waals surface area contributed by atoms with Gasteiger partial charge in [-0.2, -0.15) is 0 Å². The molecule has 2 aromatic rings. The lowest BCUT2D eigenvalue weighted by Gasteiger charge is -2.29. The van der Waals surface area contributed by atoms with Crippen LogP contribution in [0.25, 0.3) is 11.6 Å². The minimum Gasteiger partial charge on any atom is -0.495 e. The van der Waals surface area contributed by atoms with Gasteiger partial charge in [0.25, 0.3) is 0 Å². The van der Waals surface area contributed by atoms with Crippen molar-refractivity contribution < 1.29 is 9.47 Å². The van der Waals surface area contributed by atoms with E-state index in [1.54, 1.807) is 20.3 Å². The first kappa shape index (κ1) is 17.9. The summed E-state index contributed by atoms with van der Waals surface area (Å²) in [6, 6.07) is 3.68. The van der Waals surface area contributed by atoms with E-state index in [0.29, 0.717) is 40.2 Å². The maximum absolute atomic E-state index is 6.54. The molecular formula is C18H19Cl2N3O2. The smallest absolute Gasteiger partial charge is 0.141 e. The number of hydrogen-bond donors (Lipinski definition) is 1. The first-order valence-electron chi connectivity index (χ1n) is 7.71. The zero-order valence-electron chi connectivity index (χ0n) is 14.3. The zero-order chi connectivity index (χ0) is 18.1. The van der Waals surface area contributed by atoms with Gasteiger partial charge in [0, 0.05) is 49.2 Å².